The third-order valence-corrected chi connectivity index (χ3v) is 22.3. The number of fused-ring (bicyclic) bond motifs is 4. The van der Waals surface area contributed by atoms with E-state index in [9.17, 15) is 47.6 Å². The minimum atomic E-state index is -4.78. The number of carbonyl (C=O) groups is 7. The summed E-state index contributed by atoms with van der Waals surface area (Å²) in [7, 11) is 11.1. The van der Waals surface area contributed by atoms with E-state index in [1.807, 2.05) is 13.8 Å². The number of ether oxygens (including phenoxy) is 14. The van der Waals surface area contributed by atoms with Crippen molar-refractivity contribution in [2.45, 2.75) is 157 Å². The molecular weight excluding hydrogens is 1980 g/mol. The van der Waals surface area contributed by atoms with Crippen molar-refractivity contribution in [1.29, 1.82) is 0 Å². The van der Waals surface area contributed by atoms with Gasteiger partial charge in [-0.05, 0) is 161 Å². The Morgan fingerprint density at radius 1 is 0.599 bits per heavy atom. The number of rotatable bonds is 31. The van der Waals surface area contributed by atoms with Crippen LogP contribution >= 0.6 is 69.0 Å². The van der Waals surface area contributed by atoms with Gasteiger partial charge in [-0.25, -0.2) is 41.7 Å². The van der Waals surface area contributed by atoms with E-state index in [-0.39, 0.29) is 131 Å². The van der Waals surface area contributed by atoms with Gasteiger partial charge in [0, 0.05) is 120 Å². The van der Waals surface area contributed by atoms with Gasteiger partial charge in [0.15, 0.2) is 23.0 Å². The summed E-state index contributed by atoms with van der Waals surface area (Å²) in [6.45, 7) is 50.8. The fraction of sp³-hybridized carbons (Fsp3) is 0.516. The van der Waals surface area contributed by atoms with E-state index < -0.39 is 62.9 Å². The Morgan fingerprint density at radius 2 is 0.972 bits per heavy atom. The Morgan fingerprint density at radius 3 is 1.22 bits per heavy atom. The number of aryl methyl sites for hydroxylation is 2. The maximum atomic E-state index is 11.6. The minimum Gasteiger partial charge on any atom is -0.870 e. The van der Waals surface area contributed by atoms with Gasteiger partial charge in [0.2, 0.25) is 18.9 Å². The molecule has 0 spiro atoms. The standard InChI is InChI=1S/2C24H29N5O.C10H16N2O2.C7H13N.C6H12O4.2C5H8O3.C4H10O3.2C4H6O3.Na.H2O5P2.H2O.4H2S/c2*1-16-6-3-7-17-8-4-10-21(22(16)17)29-13-11-19-20(14-29)26-24(27-23(19)25)30-15-18-9-5-12-28(18)2;1-6-12(8(2)7-11-4)10(13)9(3)14-5;1-4-5-7(2)6-8-3;1-6(9-3,10-4)5(7)8-2;1-4(7-2)5(6)8-3;1-3-8-5(7)4(2)6;1-5-4(6-2)7-3;2*1-3(7-2)4(5)6;;1-6(2)7(3,4)5;;;;;/h2*3-4,6-8,10,18H,5,9,11-15H2,1-2H3,(H2,25,26,27);8H,3,6-7H2,1-2,5H3;7H,4-6H2,1-2H3;1-4H3;1H2,2-3H3;3H2,1-2H3;4H,1-3H3;2*1H2,2H3,(H,5,6);;(H2,3,4,5);5*1H2/q;;;;;;;;;;+1;;;;;;/p-1/t2*18-;8-;7-;;;;;;;;;;;;;/m0010............./s1. The van der Waals surface area contributed by atoms with Gasteiger partial charge in [0.05, 0.1) is 73.7 Å². The van der Waals surface area contributed by atoms with E-state index in [2.05, 4.69) is 223 Å². The first kappa shape index (κ1) is 145. The number of anilines is 4. The van der Waals surface area contributed by atoms with Gasteiger partial charge in [-0.3, -0.25) is 19.4 Å². The summed E-state index contributed by atoms with van der Waals surface area (Å²) in [5.41, 5.74) is 21.8. The number of likely N-dealkylation sites (tertiary alicyclic amines) is 2. The summed E-state index contributed by atoms with van der Waals surface area (Å²) >= 11 is 0. The van der Waals surface area contributed by atoms with Gasteiger partial charge in [-0.1, -0.05) is 92.1 Å². The molecule has 4 aromatic carbocycles. The van der Waals surface area contributed by atoms with Gasteiger partial charge in [-0.2, -0.15) is 73.9 Å². The van der Waals surface area contributed by atoms with Crippen LogP contribution in [0, 0.1) is 32.9 Å². The van der Waals surface area contributed by atoms with Crippen LogP contribution in [0.4, 0.5) is 23.0 Å². The Bertz CT molecular complexity index is 4770. The first-order chi connectivity index (χ1) is 64.2. The number of amides is 1. The fourth-order valence-corrected chi connectivity index (χ4v) is 12.9. The van der Waals surface area contributed by atoms with Crippen LogP contribution in [0.1, 0.15) is 121 Å². The van der Waals surface area contributed by atoms with E-state index in [0.717, 1.165) is 87.5 Å². The second kappa shape index (κ2) is 78.7. The van der Waals surface area contributed by atoms with Crippen molar-refractivity contribution in [2.24, 2.45) is 5.92 Å². The molecule has 4 aliphatic rings. The summed E-state index contributed by atoms with van der Waals surface area (Å²) in [6.07, 6.45) is 8.84. The first-order valence-corrected chi connectivity index (χ1v) is 46.3. The number of nitrogens with two attached hydrogens (primary N) is 2. The molecular formula is C93H148N13NaO29P2S4. The van der Waals surface area contributed by atoms with E-state index in [4.69, 9.17) is 78.3 Å². The van der Waals surface area contributed by atoms with Crippen molar-refractivity contribution in [3.8, 4) is 12.0 Å². The molecule has 2 saturated heterocycles. The number of aromatic nitrogens is 4. The number of carbonyl (C=O) groups excluding carboxylic acids is 5. The summed E-state index contributed by atoms with van der Waals surface area (Å²) < 4.78 is 84.6. The Labute approximate surface area is 885 Å². The van der Waals surface area contributed by atoms with Gasteiger partial charge >= 0.3 is 86.4 Å². The largest absolute Gasteiger partial charge is 1.00 e. The number of ketones is 1. The quantitative estimate of drug-likeness (QED) is 0.00273. The molecule has 1 unspecified atom stereocenters. The van der Waals surface area contributed by atoms with Crippen molar-refractivity contribution in [1.82, 2.24) is 34.6 Å². The molecule has 2 fully saturated rings. The molecule has 5 atom stereocenters. The number of methoxy groups -OCH3 is 11. The van der Waals surface area contributed by atoms with E-state index >= 15 is 0 Å². The maximum absolute atomic E-state index is 11.6. The van der Waals surface area contributed by atoms with Crippen LogP contribution in [0.3, 0.4) is 0 Å². The average Bonchev–Trinajstić information content (AvgIpc) is 0.849. The number of nitrogen functional groups attached to an aromatic ring is 2. The Balaban J connectivity index is -0.000000300. The number of hydrogen-bond donors (Lipinski definition) is 6. The molecule has 49 heteroatoms. The molecule has 6 aromatic rings. The van der Waals surface area contributed by atoms with Crippen LogP contribution in [0.5, 0.6) is 12.0 Å². The zero-order valence-electron chi connectivity index (χ0n) is 85.8. The molecule has 1 amide bonds. The molecule has 2 aromatic heterocycles. The van der Waals surface area contributed by atoms with Crippen molar-refractivity contribution < 1.29 is 169 Å². The molecule has 10 rings (SSSR count). The van der Waals surface area contributed by atoms with Crippen LogP contribution in [0.25, 0.3) is 31.2 Å². The van der Waals surface area contributed by atoms with Crippen LogP contribution < -0.4 is 65.2 Å². The number of aliphatic carboxylic acids is 2. The third kappa shape index (κ3) is 52.2. The van der Waals surface area contributed by atoms with Gasteiger partial charge in [0.1, 0.15) is 30.9 Å². The van der Waals surface area contributed by atoms with Gasteiger partial charge in [-0.15, -0.1) is 0 Å². The zero-order chi connectivity index (χ0) is 104. The number of nitrogens with zero attached hydrogens (tertiary/aromatic N) is 11. The summed E-state index contributed by atoms with van der Waals surface area (Å²) in [6, 6.07) is 27.5. The molecule has 0 aliphatic carbocycles. The topological polar surface area (TPSA) is 545 Å². The summed E-state index contributed by atoms with van der Waals surface area (Å²) in [4.78, 5) is 133. The SMILES string of the molecule is C=C(OC)C(=O)O.C=C(OC)C(=O)O.C=C(OC)C(=O)OC.CCOC(=O)C(C)=O.COC(=O)C(C)(OC)OC.COC(OC)OC.Cc1cccc2cccc(N3CCc4c(N)nc(OC[C@@H]5CCCN5C)nc4C3)c12.Cc1cccc2cccc(N3CCc4c(N)nc(OC[C@@H]5CCCN5C)nc4C3)c12.O=[P+]([O-])P(=O)(O)O.S.S.S.S.[C-]#[N+]C[C@@H](C)CCC.[C-]#[N+]C[C@@H](C)N(CC)C(=O)C(=C)OC.[Na+].[OH-]. The number of esters is 3. The molecule has 142 heavy (non-hydrogen) atoms. The second-order valence-corrected chi connectivity index (χ2v) is 34.1. The van der Waals surface area contributed by atoms with Crippen molar-refractivity contribution in [2.75, 3.05) is 179 Å². The van der Waals surface area contributed by atoms with Crippen LogP contribution in [0.15, 0.2) is 122 Å². The van der Waals surface area contributed by atoms with E-state index in [1.54, 1.807) is 11.8 Å². The third-order valence-electron chi connectivity index (χ3n) is 20.6. The molecule has 0 radical (unpaired) electrons. The van der Waals surface area contributed by atoms with E-state index in [0.29, 0.717) is 74.5 Å². The zero-order valence-corrected chi connectivity index (χ0v) is 93.6. The smallest absolute Gasteiger partial charge is 0.870 e. The monoisotopic (exact) mass is 2120 g/mol. The number of carboxylic acid groups (broad SMARTS) is 2. The van der Waals surface area contributed by atoms with Gasteiger partial charge in [0.25, 0.3) is 18.2 Å². The molecule has 4 aliphatic heterocycles. The fourth-order valence-electron chi connectivity index (χ4n) is 12.9. The molecule has 6 heterocycles. The average molecular weight is 2130 g/mol. The normalized spacial score (nSPS) is 13.6. The predicted molar refractivity (Wildman–Crippen MR) is 557 cm³/mol. The number of hydrogen-bond acceptors (Lipinski definition) is 35. The van der Waals surface area contributed by atoms with Crippen molar-refractivity contribution in [3.63, 3.8) is 0 Å². The Hall–Kier alpha value is -9.72. The Kier molecular flexibility index (Phi) is 80.5. The maximum Gasteiger partial charge on any atom is 1.00 e. The number of Topliss-reactive ketones (excluding diaryl/α,β-unsaturated/α-hetero) is 1. The first-order valence-electron chi connectivity index (χ1n) is 42.8. The molecule has 42 nitrogen and oxygen atoms in total. The molecule has 9 N–H and O–H groups in total. The molecule has 0 saturated carbocycles. The van der Waals surface area contributed by atoms with Crippen LogP contribution in [-0.2, 0) is 125 Å². The minimum absolute atomic E-state index is 0. The second-order valence-electron chi connectivity index (χ2n) is 30.0. The summed E-state index contributed by atoms with van der Waals surface area (Å²) in [5.74, 6) is -4.75. The molecule has 794 valence electrons. The predicted octanol–water partition coefficient (Wildman–Crippen LogP) is 8.51. The van der Waals surface area contributed by atoms with Crippen LogP contribution in [-0.4, -0.2) is 290 Å². The van der Waals surface area contributed by atoms with Gasteiger partial charge < -0.3 is 133 Å². The number of likely N-dealkylation sites (N-methyl/N-ethyl adjacent to an activating group) is 3. The van der Waals surface area contributed by atoms with Crippen LogP contribution in [0.2, 0.25) is 0 Å². The van der Waals surface area contributed by atoms with Crippen molar-refractivity contribution in [3.05, 3.63) is 179 Å². The van der Waals surface area contributed by atoms with Crippen molar-refractivity contribution >= 4 is 155 Å². The van der Waals surface area contributed by atoms with E-state index in [1.165, 1.54) is 162 Å². The summed E-state index contributed by atoms with van der Waals surface area (Å²) in [5, 5.41) is 21.1. The number of carboxylic acids is 2. The molecule has 0 bridgehead atoms. The number of benzene rings is 4.